The lowest BCUT2D eigenvalue weighted by Crippen LogP contribution is -2.45. The molecule has 2 atom stereocenters. The van der Waals surface area contributed by atoms with Crippen LogP contribution >= 0.6 is 0 Å². The molecule has 0 aliphatic heterocycles. The Morgan fingerprint density at radius 3 is 2.00 bits per heavy atom. The van der Waals surface area contributed by atoms with Crippen LogP contribution in [0.2, 0.25) is 18.1 Å². The molecule has 0 fully saturated rings. The molecular weight excluding hydrogens is 316 g/mol. The largest absolute Gasteiger partial charge is 0.405 e. The molecule has 1 aromatic rings. The molecule has 0 bridgehead atoms. The molecule has 0 N–H and O–H groups in total. The third kappa shape index (κ3) is 4.60. The lowest BCUT2D eigenvalue weighted by Gasteiger charge is -2.40. The van der Waals surface area contributed by atoms with Gasteiger partial charge in [0.1, 0.15) is 6.10 Å². The Hall–Kier alpha value is -0.793. The lowest BCUT2D eigenvalue weighted by atomic mass is 10.2. The van der Waals surface area contributed by atoms with Crippen LogP contribution in [0.5, 0.6) is 0 Å². The highest BCUT2D eigenvalue weighted by Crippen LogP contribution is 2.40. The summed E-state index contributed by atoms with van der Waals surface area (Å²) in [5.74, 6) is 0.438. The number of hydrogen-bond donors (Lipinski definition) is 0. The summed E-state index contributed by atoms with van der Waals surface area (Å²) in [5, 5.41) is -0.711. The fourth-order valence-corrected chi connectivity index (χ4v) is 3.65. The highest BCUT2D eigenvalue weighted by molar-refractivity contribution is 7.91. The predicted molar refractivity (Wildman–Crippen MR) is 92.1 cm³/mol. The minimum Gasteiger partial charge on any atom is -0.405 e. The van der Waals surface area contributed by atoms with Crippen molar-refractivity contribution in [1.82, 2.24) is 9.97 Å². The minimum absolute atomic E-state index is 0.0207. The first kappa shape index (κ1) is 19.3. The van der Waals surface area contributed by atoms with E-state index >= 15 is 0 Å². The van der Waals surface area contributed by atoms with E-state index in [4.69, 9.17) is 4.43 Å². The molecule has 0 saturated carbocycles. The zero-order chi connectivity index (χ0) is 17.3. The maximum Gasteiger partial charge on any atom is 0.193 e. The maximum absolute atomic E-state index is 12.0. The number of nitrogens with zero attached hydrogens (tertiary/aromatic N) is 2. The molecule has 0 aromatic carbocycles. The molecule has 0 aliphatic carbocycles. The Balaban J connectivity index is 3.27. The number of aryl methyl sites for hydroxylation is 1. The van der Waals surface area contributed by atoms with Crippen LogP contribution in [0.25, 0.3) is 0 Å². The van der Waals surface area contributed by atoms with E-state index in [1.807, 2.05) is 6.92 Å². The van der Waals surface area contributed by atoms with Gasteiger partial charge in [-0.2, -0.15) is 0 Å². The van der Waals surface area contributed by atoms with Crippen molar-refractivity contribution >= 4 is 18.2 Å². The van der Waals surface area contributed by atoms with Gasteiger partial charge in [-0.1, -0.05) is 20.8 Å². The molecule has 0 spiro atoms. The van der Waals surface area contributed by atoms with Gasteiger partial charge in [0.2, 0.25) is 0 Å². The standard InChI is InChI=1S/C15H28N2O3SSi/c1-11-9-16-14(17-10-11)13(12(2)21(6,18)19)20-22(7,8)15(3,4)5/h9-10,12-13H,1-8H3/t12-,13-/m0/s1. The van der Waals surface area contributed by atoms with Crippen LogP contribution in [0.3, 0.4) is 0 Å². The molecule has 1 heterocycles. The Morgan fingerprint density at radius 1 is 1.18 bits per heavy atom. The molecule has 0 unspecified atom stereocenters. The SMILES string of the molecule is Cc1cnc([C@@H](O[Si](C)(C)C(C)(C)C)[C@H](C)S(C)(=O)=O)nc1. The van der Waals surface area contributed by atoms with Crippen LogP contribution in [0, 0.1) is 6.92 Å². The Kier molecular flexibility index (Phi) is 5.58. The molecule has 126 valence electrons. The summed E-state index contributed by atoms with van der Waals surface area (Å²) < 4.78 is 30.4. The summed E-state index contributed by atoms with van der Waals surface area (Å²) in [5.41, 5.74) is 0.932. The molecule has 0 saturated heterocycles. The normalized spacial score (nSPS) is 16.4. The van der Waals surface area contributed by atoms with E-state index in [2.05, 4.69) is 43.8 Å². The van der Waals surface area contributed by atoms with E-state index < -0.39 is 29.5 Å². The van der Waals surface area contributed by atoms with E-state index in [1.54, 1.807) is 19.3 Å². The van der Waals surface area contributed by atoms with E-state index in [0.717, 1.165) is 5.56 Å². The van der Waals surface area contributed by atoms with Gasteiger partial charge >= 0.3 is 0 Å². The highest BCUT2D eigenvalue weighted by atomic mass is 32.2. The quantitative estimate of drug-likeness (QED) is 0.767. The predicted octanol–water partition coefficient (Wildman–Crippen LogP) is 3.28. The second kappa shape index (κ2) is 6.37. The summed E-state index contributed by atoms with van der Waals surface area (Å²) >= 11 is 0. The van der Waals surface area contributed by atoms with Crippen LogP contribution in [0.1, 0.15) is 45.2 Å². The van der Waals surface area contributed by atoms with Gasteiger partial charge in [0, 0.05) is 18.6 Å². The average molecular weight is 345 g/mol. The van der Waals surface area contributed by atoms with Crippen molar-refractivity contribution in [2.45, 2.75) is 64.1 Å². The van der Waals surface area contributed by atoms with E-state index in [0.29, 0.717) is 5.82 Å². The van der Waals surface area contributed by atoms with Crippen molar-refractivity contribution < 1.29 is 12.8 Å². The number of rotatable bonds is 5. The summed E-state index contributed by atoms with van der Waals surface area (Å²) in [7, 11) is -5.41. The number of sulfone groups is 1. The topological polar surface area (TPSA) is 69.2 Å². The molecule has 1 aromatic heterocycles. The van der Waals surface area contributed by atoms with Crippen molar-refractivity contribution in [2.24, 2.45) is 0 Å². The van der Waals surface area contributed by atoms with Gasteiger partial charge < -0.3 is 4.43 Å². The smallest absolute Gasteiger partial charge is 0.193 e. The van der Waals surface area contributed by atoms with Gasteiger partial charge in [0.05, 0.1) is 5.25 Å². The Bertz CT molecular complexity index is 607. The fourth-order valence-electron chi connectivity index (χ4n) is 1.63. The Morgan fingerprint density at radius 2 is 1.64 bits per heavy atom. The first-order valence-electron chi connectivity index (χ1n) is 7.41. The zero-order valence-corrected chi connectivity index (χ0v) is 16.7. The molecule has 0 amide bonds. The van der Waals surface area contributed by atoms with Crippen LogP contribution in [0.4, 0.5) is 0 Å². The van der Waals surface area contributed by atoms with Gasteiger partial charge in [-0.05, 0) is 37.5 Å². The summed E-state index contributed by atoms with van der Waals surface area (Å²) in [6.45, 7) is 14.1. The number of aromatic nitrogens is 2. The molecule has 7 heteroatoms. The van der Waals surface area contributed by atoms with Crippen LogP contribution in [-0.4, -0.2) is 38.2 Å². The van der Waals surface area contributed by atoms with Crippen molar-refractivity contribution in [3.05, 3.63) is 23.8 Å². The minimum atomic E-state index is -3.26. The molecule has 0 radical (unpaired) electrons. The van der Waals surface area contributed by atoms with Crippen molar-refractivity contribution in [1.29, 1.82) is 0 Å². The molecule has 5 nitrogen and oxygen atoms in total. The van der Waals surface area contributed by atoms with Crippen LogP contribution in [0.15, 0.2) is 12.4 Å². The summed E-state index contributed by atoms with van der Waals surface area (Å²) in [6, 6.07) is 0. The first-order valence-corrected chi connectivity index (χ1v) is 12.3. The first-order chi connectivity index (χ1) is 9.75. The molecular formula is C15H28N2O3SSi. The van der Waals surface area contributed by atoms with Crippen molar-refractivity contribution in [2.75, 3.05) is 6.26 Å². The third-order valence-corrected chi connectivity index (χ3v) is 10.4. The zero-order valence-electron chi connectivity index (χ0n) is 14.8. The second-order valence-electron chi connectivity index (χ2n) is 7.45. The summed E-state index contributed by atoms with van der Waals surface area (Å²) in [6.07, 6.45) is 3.98. The lowest BCUT2D eigenvalue weighted by molar-refractivity contribution is 0.172. The van der Waals surface area contributed by atoms with Gasteiger partial charge in [0.25, 0.3) is 0 Å². The molecule has 0 aliphatic rings. The van der Waals surface area contributed by atoms with Gasteiger partial charge in [0.15, 0.2) is 24.0 Å². The molecule has 22 heavy (non-hydrogen) atoms. The van der Waals surface area contributed by atoms with Gasteiger partial charge in [-0.25, -0.2) is 18.4 Å². The van der Waals surface area contributed by atoms with Crippen molar-refractivity contribution in [3.63, 3.8) is 0 Å². The third-order valence-electron chi connectivity index (χ3n) is 4.38. The monoisotopic (exact) mass is 344 g/mol. The van der Waals surface area contributed by atoms with Crippen molar-refractivity contribution in [3.8, 4) is 0 Å². The van der Waals surface area contributed by atoms with Crippen LogP contribution in [-0.2, 0) is 14.3 Å². The second-order valence-corrected chi connectivity index (χ2v) is 14.6. The average Bonchev–Trinajstić information content (AvgIpc) is 2.34. The van der Waals surface area contributed by atoms with E-state index in [9.17, 15) is 8.42 Å². The summed E-state index contributed by atoms with van der Waals surface area (Å²) in [4.78, 5) is 8.60. The van der Waals surface area contributed by atoms with Gasteiger partial charge in [-0.15, -0.1) is 0 Å². The van der Waals surface area contributed by atoms with Gasteiger partial charge in [-0.3, -0.25) is 0 Å². The van der Waals surface area contributed by atoms with E-state index in [1.165, 1.54) is 6.26 Å². The highest BCUT2D eigenvalue weighted by Gasteiger charge is 2.43. The Labute approximate surface area is 135 Å². The number of hydrogen-bond acceptors (Lipinski definition) is 5. The fraction of sp³-hybridized carbons (Fsp3) is 0.733. The molecule has 1 rings (SSSR count). The maximum atomic E-state index is 12.0. The van der Waals surface area contributed by atoms with Crippen LogP contribution < -0.4 is 0 Å². The van der Waals surface area contributed by atoms with E-state index in [-0.39, 0.29) is 5.04 Å².